The molecule has 0 heterocycles. The molecule has 2 amide bonds. The first-order valence-electron chi connectivity index (χ1n) is 5.57. The van der Waals surface area contributed by atoms with Crippen molar-refractivity contribution in [1.29, 1.82) is 0 Å². The Morgan fingerprint density at radius 1 is 1.41 bits per heavy atom. The standard InChI is InChI=1S/C11H22N2O4/c1-8(2)6-13(4)10(16)12-7-11(3,17)5-9(14)15/h8,17H,5-7H2,1-4H3,(H,12,16)(H,14,15). The van der Waals surface area contributed by atoms with E-state index in [-0.39, 0.29) is 12.6 Å². The van der Waals surface area contributed by atoms with Gasteiger partial charge in [0.05, 0.1) is 12.0 Å². The molecule has 0 fully saturated rings. The lowest BCUT2D eigenvalue weighted by atomic mass is 10.0. The first-order chi connectivity index (χ1) is 7.64. The number of urea groups is 1. The van der Waals surface area contributed by atoms with Gasteiger partial charge in [-0.05, 0) is 12.8 Å². The molecular weight excluding hydrogens is 224 g/mol. The Morgan fingerprint density at radius 2 is 1.94 bits per heavy atom. The predicted molar refractivity (Wildman–Crippen MR) is 63.7 cm³/mol. The Morgan fingerprint density at radius 3 is 2.35 bits per heavy atom. The van der Waals surface area contributed by atoms with Crippen molar-refractivity contribution in [3.8, 4) is 0 Å². The molecule has 0 aromatic rings. The second-order valence-electron chi connectivity index (χ2n) is 5.00. The van der Waals surface area contributed by atoms with Crippen molar-refractivity contribution in [3.63, 3.8) is 0 Å². The Labute approximate surface area is 102 Å². The van der Waals surface area contributed by atoms with Crippen molar-refractivity contribution in [2.75, 3.05) is 20.1 Å². The molecule has 1 atom stereocenters. The maximum Gasteiger partial charge on any atom is 0.317 e. The van der Waals surface area contributed by atoms with Crippen LogP contribution in [0.2, 0.25) is 0 Å². The van der Waals surface area contributed by atoms with E-state index in [1.807, 2.05) is 13.8 Å². The molecule has 6 nitrogen and oxygen atoms in total. The van der Waals surface area contributed by atoms with Crippen molar-refractivity contribution in [2.24, 2.45) is 5.92 Å². The highest BCUT2D eigenvalue weighted by Gasteiger charge is 2.25. The second kappa shape index (κ2) is 6.44. The van der Waals surface area contributed by atoms with Gasteiger partial charge >= 0.3 is 12.0 Å². The van der Waals surface area contributed by atoms with Gasteiger partial charge in [0, 0.05) is 20.1 Å². The molecule has 0 saturated heterocycles. The zero-order chi connectivity index (χ0) is 13.6. The fraction of sp³-hybridized carbons (Fsp3) is 0.818. The molecule has 6 heteroatoms. The van der Waals surface area contributed by atoms with Gasteiger partial charge in [-0.15, -0.1) is 0 Å². The molecule has 0 aromatic carbocycles. The van der Waals surface area contributed by atoms with Gasteiger partial charge in [-0.2, -0.15) is 0 Å². The van der Waals surface area contributed by atoms with Gasteiger partial charge in [0.2, 0.25) is 0 Å². The molecule has 0 aliphatic heterocycles. The number of carboxylic acid groups (broad SMARTS) is 1. The molecule has 17 heavy (non-hydrogen) atoms. The Kier molecular flexibility index (Phi) is 5.95. The van der Waals surface area contributed by atoms with E-state index in [9.17, 15) is 14.7 Å². The van der Waals surface area contributed by atoms with Gasteiger partial charge in [-0.3, -0.25) is 4.79 Å². The molecule has 0 spiro atoms. The maximum absolute atomic E-state index is 11.6. The number of nitrogens with zero attached hydrogens (tertiary/aromatic N) is 1. The summed E-state index contributed by atoms with van der Waals surface area (Å²) in [5, 5.41) is 20.7. The summed E-state index contributed by atoms with van der Waals surface area (Å²) in [6, 6.07) is -0.315. The second-order valence-corrected chi connectivity index (χ2v) is 5.00. The van der Waals surface area contributed by atoms with Crippen LogP contribution >= 0.6 is 0 Å². The average Bonchev–Trinajstić information content (AvgIpc) is 2.11. The minimum atomic E-state index is -1.43. The molecule has 0 radical (unpaired) electrons. The highest BCUT2D eigenvalue weighted by molar-refractivity contribution is 5.74. The van der Waals surface area contributed by atoms with E-state index < -0.39 is 18.0 Å². The van der Waals surface area contributed by atoms with E-state index in [1.165, 1.54) is 11.8 Å². The fourth-order valence-electron chi connectivity index (χ4n) is 1.42. The monoisotopic (exact) mass is 246 g/mol. The quantitative estimate of drug-likeness (QED) is 0.637. The van der Waals surface area contributed by atoms with E-state index in [0.717, 1.165) is 0 Å². The summed E-state index contributed by atoms with van der Waals surface area (Å²) in [6.45, 7) is 5.88. The third-order valence-corrected chi connectivity index (χ3v) is 2.14. The number of aliphatic hydroxyl groups is 1. The number of carbonyl (C=O) groups excluding carboxylic acids is 1. The van der Waals surface area contributed by atoms with E-state index in [4.69, 9.17) is 5.11 Å². The largest absolute Gasteiger partial charge is 0.481 e. The van der Waals surface area contributed by atoms with Crippen LogP contribution in [-0.4, -0.2) is 52.9 Å². The first kappa shape index (κ1) is 15.7. The molecule has 0 bridgehead atoms. The summed E-state index contributed by atoms with van der Waals surface area (Å²) in [5.41, 5.74) is -1.43. The van der Waals surface area contributed by atoms with Crippen LogP contribution in [0.1, 0.15) is 27.2 Å². The van der Waals surface area contributed by atoms with E-state index in [2.05, 4.69) is 5.32 Å². The van der Waals surface area contributed by atoms with Crippen LogP contribution in [0.3, 0.4) is 0 Å². The van der Waals surface area contributed by atoms with Crippen molar-refractivity contribution in [3.05, 3.63) is 0 Å². The summed E-state index contributed by atoms with van der Waals surface area (Å²) in [5.74, 6) is -0.745. The number of aliphatic carboxylic acids is 1. The van der Waals surface area contributed by atoms with Crippen LogP contribution in [0.5, 0.6) is 0 Å². The average molecular weight is 246 g/mol. The van der Waals surface area contributed by atoms with Crippen molar-refractivity contribution < 1.29 is 19.8 Å². The molecule has 0 aliphatic rings. The number of carbonyl (C=O) groups is 2. The molecule has 3 N–H and O–H groups in total. The summed E-state index contributed by atoms with van der Waals surface area (Å²) < 4.78 is 0. The molecule has 0 rings (SSSR count). The van der Waals surface area contributed by atoms with Gasteiger partial charge in [0.25, 0.3) is 0 Å². The molecular formula is C11H22N2O4. The highest BCUT2D eigenvalue weighted by atomic mass is 16.4. The van der Waals surface area contributed by atoms with Crippen LogP contribution in [0.25, 0.3) is 0 Å². The van der Waals surface area contributed by atoms with Crippen LogP contribution in [0.15, 0.2) is 0 Å². The maximum atomic E-state index is 11.6. The molecule has 0 saturated carbocycles. The highest BCUT2D eigenvalue weighted by Crippen LogP contribution is 2.07. The third-order valence-electron chi connectivity index (χ3n) is 2.14. The molecule has 1 unspecified atom stereocenters. The lowest BCUT2D eigenvalue weighted by Crippen LogP contribution is -2.47. The van der Waals surface area contributed by atoms with Crippen LogP contribution in [-0.2, 0) is 4.79 Å². The number of nitrogens with one attached hydrogen (secondary N) is 1. The Balaban J connectivity index is 4.10. The van der Waals surface area contributed by atoms with Crippen LogP contribution in [0.4, 0.5) is 4.79 Å². The zero-order valence-corrected chi connectivity index (χ0v) is 10.9. The molecule has 0 aromatic heterocycles. The van der Waals surface area contributed by atoms with E-state index in [1.54, 1.807) is 7.05 Å². The lowest BCUT2D eigenvalue weighted by Gasteiger charge is -2.25. The number of hydrogen-bond acceptors (Lipinski definition) is 3. The summed E-state index contributed by atoms with van der Waals surface area (Å²) in [7, 11) is 1.65. The Hall–Kier alpha value is -1.30. The zero-order valence-electron chi connectivity index (χ0n) is 10.9. The summed E-state index contributed by atoms with van der Waals surface area (Å²) >= 11 is 0. The smallest absolute Gasteiger partial charge is 0.317 e. The van der Waals surface area contributed by atoms with Gasteiger partial charge in [-0.1, -0.05) is 13.8 Å². The van der Waals surface area contributed by atoms with E-state index in [0.29, 0.717) is 12.5 Å². The minimum Gasteiger partial charge on any atom is -0.481 e. The lowest BCUT2D eigenvalue weighted by molar-refractivity contribution is -0.141. The topological polar surface area (TPSA) is 89.9 Å². The van der Waals surface area contributed by atoms with Gasteiger partial charge in [-0.25, -0.2) is 4.79 Å². The minimum absolute atomic E-state index is 0.0828. The van der Waals surface area contributed by atoms with Crippen molar-refractivity contribution >= 4 is 12.0 Å². The number of amides is 2. The number of carboxylic acids is 1. The first-order valence-corrected chi connectivity index (χ1v) is 5.57. The van der Waals surface area contributed by atoms with Crippen LogP contribution in [0, 0.1) is 5.92 Å². The number of hydrogen-bond donors (Lipinski definition) is 3. The summed E-state index contributed by atoms with van der Waals surface area (Å²) in [6.07, 6.45) is -0.402. The summed E-state index contributed by atoms with van der Waals surface area (Å²) in [4.78, 5) is 23.5. The molecule has 0 aliphatic carbocycles. The molecule has 100 valence electrons. The van der Waals surface area contributed by atoms with Gasteiger partial charge < -0.3 is 20.4 Å². The van der Waals surface area contributed by atoms with Gasteiger partial charge in [0.1, 0.15) is 0 Å². The van der Waals surface area contributed by atoms with Crippen LogP contribution < -0.4 is 5.32 Å². The Bertz CT molecular complexity index is 277. The SMILES string of the molecule is CC(C)CN(C)C(=O)NCC(C)(O)CC(=O)O. The number of rotatable bonds is 6. The van der Waals surface area contributed by atoms with Gasteiger partial charge in [0.15, 0.2) is 0 Å². The third kappa shape index (κ3) is 7.57. The fourth-order valence-corrected chi connectivity index (χ4v) is 1.42. The predicted octanol–water partition coefficient (Wildman–Crippen LogP) is 0.509. The van der Waals surface area contributed by atoms with Crippen molar-refractivity contribution in [1.82, 2.24) is 10.2 Å². The normalized spacial score (nSPS) is 14.2. The van der Waals surface area contributed by atoms with E-state index >= 15 is 0 Å². The van der Waals surface area contributed by atoms with Crippen molar-refractivity contribution in [2.45, 2.75) is 32.8 Å².